The van der Waals surface area contributed by atoms with Crippen molar-refractivity contribution in [2.45, 2.75) is 64.2 Å². The van der Waals surface area contributed by atoms with Gasteiger partial charge in [-0.1, -0.05) is 32.1 Å². The molecule has 116 valence electrons. The summed E-state index contributed by atoms with van der Waals surface area (Å²) in [5.74, 6) is 2.43. The normalized spacial score (nSPS) is 23.6. The first-order chi connectivity index (χ1) is 9.79. The number of Topliss-reactive ketones (excluding diaryl/α,β-unsaturated/α-hetero) is 1. The van der Waals surface area contributed by atoms with Crippen molar-refractivity contribution >= 4 is 5.78 Å². The van der Waals surface area contributed by atoms with E-state index < -0.39 is 0 Å². The first kappa shape index (κ1) is 16.0. The van der Waals surface area contributed by atoms with Crippen molar-refractivity contribution in [3.8, 4) is 0 Å². The molecule has 0 aromatic rings. The number of carbonyl (C=O) groups excluding carboxylic acids is 1. The maximum absolute atomic E-state index is 11.4. The fraction of sp³-hybridized carbons (Fsp3) is 0.941. The minimum absolute atomic E-state index is 0.0242. The van der Waals surface area contributed by atoms with Gasteiger partial charge >= 0.3 is 0 Å². The molecule has 2 rings (SSSR count). The van der Waals surface area contributed by atoms with Crippen LogP contribution in [0.2, 0.25) is 0 Å². The van der Waals surface area contributed by atoms with Crippen molar-refractivity contribution in [3.05, 3.63) is 0 Å². The lowest BCUT2D eigenvalue weighted by atomic mass is 9.73. The highest BCUT2D eigenvalue weighted by atomic mass is 16.3. The Kier molecular flexibility index (Phi) is 7.01. The third-order valence-corrected chi connectivity index (χ3v) is 5.38. The van der Waals surface area contributed by atoms with Crippen molar-refractivity contribution in [2.24, 2.45) is 17.8 Å². The average Bonchev–Trinajstić information content (AvgIpc) is 2.53. The lowest BCUT2D eigenvalue weighted by Gasteiger charge is -2.34. The van der Waals surface area contributed by atoms with Gasteiger partial charge < -0.3 is 10.4 Å². The number of ketones is 1. The van der Waals surface area contributed by atoms with Crippen molar-refractivity contribution in [1.82, 2.24) is 5.32 Å². The van der Waals surface area contributed by atoms with E-state index in [-0.39, 0.29) is 12.4 Å². The van der Waals surface area contributed by atoms with Crippen molar-refractivity contribution in [2.75, 3.05) is 19.7 Å². The van der Waals surface area contributed by atoms with Gasteiger partial charge in [-0.25, -0.2) is 0 Å². The van der Waals surface area contributed by atoms with Gasteiger partial charge in [-0.15, -0.1) is 0 Å². The van der Waals surface area contributed by atoms with E-state index in [1.54, 1.807) is 0 Å². The van der Waals surface area contributed by atoms with Crippen molar-refractivity contribution < 1.29 is 9.90 Å². The molecule has 1 saturated carbocycles. The van der Waals surface area contributed by atoms with Crippen LogP contribution in [0.3, 0.4) is 0 Å². The van der Waals surface area contributed by atoms with Crippen molar-refractivity contribution in [3.63, 3.8) is 0 Å². The summed E-state index contributed by atoms with van der Waals surface area (Å²) >= 11 is 0. The van der Waals surface area contributed by atoms with E-state index in [2.05, 4.69) is 5.32 Å². The molecule has 0 aromatic heterocycles. The molecule has 0 aromatic carbocycles. The molecule has 1 atom stereocenters. The molecule has 1 aliphatic carbocycles. The maximum Gasteiger partial charge on any atom is 0.158 e. The number of piperidine rings is 1. The predicted octanol–water partition coefficient (Wildman–Crippen LogP) is 2.91. The zero-order valence-electron chi connectivity index (χ0n) is 12.8. The molecule has 1 unspecified atom stereocenters. The average molecular weight is 281 g/mol. The Morgan fingerprint density at radius 3 is 2.45 bits per heavy atom. The third-order valence-electron chi connectivity index (χ3n) is 5.38. The van der Waals surface area contributed by atoms with Crippen LogP contribution in [0.15, 0.2) is 0 Å². The predicted molar refractivity (Wildman–Crippen MR) is 81.6 cm³/mol. The first-order valence-electron chi connectivity index (χ1n) is 8.63. The molecule has 3 nitrogen and oxygen atoms in total. The molecule has 0 bridgehead atoms. The minimum Gasteiger partial charge on any atom is -0.389 e. The summed E-state index contributed by atoms with van der Waals surface area (Å²) in [6.45, 7) is 2.06. The molecule has 20 heavy (non-hydrogen) atoms. The fourth-order valence-electron chi connectivity index (χ4n) is 4.12. The van der Waals surface area contributed by atoms with E-state index in [1.807, 2.05) is 0 Å². The second kappa shape index (κ2) is 8.78. The van der Waals surface area contributed by atoms with Crippen LogP contribution in [0, 0.1) is 17.8 Å². The van der Waals surface area contributed by atoms with Gasteiger partial charge in [0, 0.05) is 6.42 Å². The standard InChI is InChI=1S/C17H31NO2/c19-13-17(20)7-6-16(15-4-2-1-3-5-15)12-14-8-10-18-11-9-14/h14-16,18-19H,1-13H2. The smallest absolute Gasteiger partial charge is 0.158 e. The van der Waals surface area contributed by atoms with Gasteiger partial charge in [-0.2, -0.15) is 0 Å². The number of nitrogens with one attached hydrogen (secondary N) is 1. The van der Waals surface area contributed by atoms with E-state index in [0.29, 0.717) is 12.3 Å². The van der Waals surface area contributed by atoms with Gasteiger partial charge in [0.05, 0.1) is 0 Å². The molecule has 0 spiro atoms. The molecule has 2 aliphatic rings. The van der Waals surface area contributed by atoms with Crippen LogP contribution in [0.1, 0.15) is 64.2 Å². The van der Waals surface area contributed by atoms with Crippen molar-refractivity contribution in [1.29, 1.82) is 0 Å². The largest absolute Gasteiger partial charge is 0.389 e. The zero-order valence-corrected chi connectivity index (χ0v) is 12.8. The Bertz CT molecular complexity index is 281. The number of rotatable bonds is 7. The van der Waals surface area contributed by atoms with Gasteiger partial charge in [0.1, 0.15) is 6.61 Å². The Labute approximate surface area is 123 Å². The number of carbonyl (C=O) groups is 1. The lowest BCUT2D eigenvalue weighted by molar-refractivity contribution is -0.122. The SMILES string of the molecule is O=C(CO)CCC(CC1CCNCC1)C1CCCCC1. The molecular formula is C17H31NO2. The Morgan fingerprint density at radius 1 is 1.10 bits per heavy atom. The molecule has 2 N–H and O–H groups in total. The van der Waals surface area contributed by atoms with Crippen LogP contribution in [0.25, 0.3) is 0 Å². The van der Waals surface area contributed by atoms with Crippen LogP contribution in [0.4, 0.5) is 0 Å². The molecule has 1 heterocycles. The number of aliphatic hydroxyl groups is 1. The summed E-state index contributed by atoms with van der Waals surface area (Å²) in [5, 5.41) is 12.4. The summed E-state index contributed by atoms with van der Waals surface area (Å²) in [6.07, 6.45) is 12.4. The molecule has 1 aliphatic heterocycles. The molecule has 0 radical (unpaired) electrons. The monoisotopic (exact) mass is 281 g/mol. The minimum atomic E-state index is -0.273. The van der Waals surface area contributed by atoms with Gasteiger partial charge in [-0.3, -0.25) is 4.79 Å². The van der Waals surface area contributed by atoms with Gasteiger partial charge in [-0.05, 0) is 56.5 Å². The third kappa shape index (κ3) is 5.17. The highest BCUT2D eigenvalue weighted by Crippen LogP contribution is 2.37. The summed E-state index contributed by atoms with van der Waals surface area (Å²) in [7, 11) is 0. The molecular weight excluding hydrogens is 250 g/mol. The van der Waals surface area contributed by atoms with Crippen LogP contribution in [0.5, 0.6) is 0 Å². The highest BCUT2D eigenvalue weighted by molar-refractivity contribution is 5.79. The summed E-state index contributed by atoms with van der Waals surface area (Å²) in [6, 6.07) is 0. The van der Waals surface area contributed by atoms with E-state index in [1.165, 1.54) is 51.4 Å². The van der Waals surface area contributed by atoms with E-state index in [4.69, 9.17) is 5.11 Å². The van der Waals surface area contributed by atoms with Gasteiger partial charge in [0.2, 0.25) is 0 Å². The van der Waals surface area contributed by atoms with E-state index in [9.17, 15) is 4.79 Å². The molecule has 1 saturated heterocycles. The maximum atomic E-state index is 11.4. The molecule has 3 heteroatoms. The summed E-state index contributed by atoms with van der Waals surface area (Å²) in [4.78, 5) is 11.4. The van der Waals surface area contributed by atoms with Crippen LogP contribution in [-0.4, -0.2) is 30.6 Å². The number of aliphatic hydroxyl groups excluding tert-OH is 1. The lowest BCUT2D eigenvalue weighted by Crippen LogP contribution is -2.30. The summed E-state index contributed by atoms with van der Waals surface area (Å²) in [5.41, 5.74) is 0. The quantitative estimate of drug-likeness (QED) is 0.754. The second-order valence-electron chi connectivity index (χ2n) is 6.82. The first-order valence-corrected chi connectivity index (χ1v) is 8.63. The van der Waals surface area contributed by atoms with Crippen LogP contribution >= 0.6 is 0 Å². The Morgan fingerprint density at radius 2 is 1.80 bits per heavy atom. The molecule has 2 fully saturated rings. The van der Waals surface area contributed by atoms with E-state index >= 15 is 0 Å². The summed E-state index contributed by atoms with van der Waals surface area (Å²) < 4.78 is 0. The molecule has 0 amide bonds. The van der Waals surface area contributed by atoms with Gasteiger partial charge in [0.25, 0.3) is 0 Å². The second-order valence-corrected chi connectivity index (χ2v) is 6.82. The topological polar surface area (TPSA) is 49.3 Å². The fourth-order valence-corrected chi connectivity index (χ4v) is 4.12. The van der Waals surface area contributed by atoms with E-state index in [0.717, 1.165) is 31.3 Å². The highest BCUT2D eigenvalue weighted by Gasteiger charge is 2.27. The van der Waals surface area contributed by atoms with Gasteiger partial charge in [0.15, 0.2) is 5.78 Å². The zero-order chi connectivity index (χ0) is 14.2. The number of hydrogen-bond donors (Lipinski definition) is 2. The van der Waals surface area contributed by atoms with Crippen LogP contribution < -0.4 is 5.32 Å². The number of hydrogen-bond acceptors (Lipinski definition) is 3. The van der Waals surface area contributed by atoms with Crippen LogP contribution in [-0.2, 0) is 4.79 Å². The Balaban J connectivity index is 1.85. The Hall–Kier alpha value is -0.410.